The number of hydrogen-bond donors (Lipinski definition) is 1. The van der Waals surface area contributed by atoms with Crippen molar-refractivity contribution in [3.8, 4) is 0 Å². The summed E-state index contributed by atoms with van der Waals surface area (Å²) in [6.07, 6.45) is 1.47. The molecule has 0 fully saturated rings. The van der Waals surface area contributed by atoms with E-state index in [0.717, 1.165) is 4.47 Å². The van der Waals surface area contributed by atoms with Gasteiger partial charge in [0.15, 0.2) is 0 Å². The van der Waals surface area contributed by atoms with Crippen molar-refractivity contribution in [3.63, 3.8) is 0 Å². The van der Waals surface area contributed by atoms with Crippen LogP contribution in [-0.4, -0.2) is 4.92 Å². The molecule has 0 aliphatic heterocycles. The van der Waals surface area contributed by atoms with Crippen molar-refractivity contribution in [1.82, 2.24) is 0 Å². The Morgan fingerprint density at radius 2 is 2.29 bits per heavy atom. The van der Waals surface area contributed by atoms with E-state index in [4.69, 9.17) is 5.73 Å². The van der Waals surface area contributed by atoms with Crippen LogP contribution < -0.4 is 5.73 Å². The molecule has 0 radical (unpaired) electrons. The van der Waals surface area contributed by atoms with Crippen LogP contribution in [0, 0.1) is 10.1 Å². The largest absolute Gasteiger partial charge is 0.321 e. The van der Waals surface area contributed by atoms with E-state index in [2.05, 4.69) is 22.5 Å². The zero-order valence-electron chi connectivity index (χ0n) is 7.31. The highest BCUT2D eigenvalue weighted by Crippen LogP contribution is 2.27. The average Bonchev–Trinajstić information content (AvgIpc) is 2.16. The van der Waals surface area contributed by atoms with Crippen molar-refractivity contribution in [2.75, 3.05) is 0 Å². The van der Waals surface area contributed by atoms with Crippen molar-refractivity contribution >= 4 is 21.6 Å². The van der Waals surface area contributed by atoms with Crippen LogP contribution in [0.15, 0.2) is 35.3 Å². The predicted molar refractivity (Wildman–Crippen MR) is 57.9 cm³/mol. The zero-order valence-corrected chi connectivity index (χ0v) is 8.90. The molecule has 0 saturated heterocycles. The predicted octanol–water partition coefficient (Wildman–Crippen LogP) is 2.54. The lowest BCUT2D eigenvalue weighted by molar-refractivity contribution is -0.385. The quantitative estimate of drug-likeness (QED) is 0.514. The third kappa shape index (κ3) is 2.18. The van der Waals surface area contributed by atoms with Crippen LogP contribution in [0.1, 0.15) is 11.6 Å². The molecule has 0 spiro atoms. The van der Waals surface area contributed by atoms with E-state index in [-0.39, 0.29) is 5.69 Å². The van der Waals surface area contributed by atoms with Crippen LogP contribution in [0.5, 0.6) is 0 Å². The van der Waals surface area contributed by atoms with Gasteiger partial charge in [-0.15, -0.1) is 6.58 Å². The summed E-state index contributed by atoms with van der Waals surface area (Å²) in [5.74, 6) is 0. The number of halogens is 1. The van der Waals surface area contributed by atoms with E-state index in [0.29, 0.717) is 5.56 Å². The Hall–Kier alpha value is -1.20. The second-order valence-electron chi connectivity index (χ2n) is 2.72. The first-order valence-electron chi connectivity index (χ1n) is 3.88. The SMILES string of the molecule is C=C[C@H](N)c1cc(Br)ccc1[N+](=O)[O-]. The van der Waals surface area contributed by atoms with Crippen LogP contribution in [0.3, 0.4) is 0 Å². The lowest BCUT2D eigenvalue weighted by atomic mass is 10.1. The number of nitrogens with two attached hydrogens (primary N) is 1. The number of hydrogen-bond acceptors (Lipinski definition) is 3. The monoisotopic (exact) mass is 256 g/mol. The maximum Gasteiger partial charge on any atom is 0.274 e. The minimum absolute atomic E-state index is 0.0144. The molecular formula is C9H9BrN2O2. The first-order valence-corrected chi connectivity index (χ1v) is 4.67. The van der Waals surface area contributed by atoms with Gasteiger partial charge >= 0.3 is 0 Å². The first kappa shape index (κ1) is 10.9. The van der Waals surface area contributed by atoms with Crippen LogP contribution in [0.4, 0.5) is 5.69 Å². The molecule has 0 unspecified atom stereocenters. The lowest BCUT2D eigenvalue weighted by Crippen LogP contribution is -2.09. The number of nitro groups is 1. The molecule has 1 rings (SSSR count). The number of nitro benzene ring substituents is 1. The van der Waals surface area contributed by atoms with Gasteiger partial charge in [-0.05, 0) is 12.1 Å². The molecule has 0 amide bonds. The molecule has 0 aromatic heterocycles. The van der Waals surface area contributed by atoms with E-state index in [9.17, 15) is 10.1 Å². The zero-order chi connectivity index (χ0) is 10.7. The highest BCUT2D eigenvalue weighted by atomic mass is 79.9. The third-order valence-corrected chi connectivity index (χ3v) is 2.29. The topological polar surface area (TPSA) is 69.2 Å². The summed E-state index contributed by atoms with van der Waals surface area (Å²) in [4.78, 5) is 10.2. The molecule has 1 aromatic rings. The Balaban J connectivity index is 3.29. The molecule has 0 saturated carbocycles. The van der Waals surface area contributed by atoms with E-state index in [1.165, 1.54) is 12.1 Å². The third-order valence-electron chi connectivity index (χ3n) is 1.80. The lowest BCUT2D eigenvalue weighted by Gasteiger charge is -2.07. The van der Waals surface area contributed by atoms with Gasteiger partial charge in [0.1, 0.15) is 0 Å². The van der Waals surface area contributed by atoms with Gasteiger partial charge in [-0.25, -0.2) is 0 Å². The van der Waals surface area contributed by atoms with Crippen LogP contribution in [-0.2, 0) is 0 Å². The van der Waals surface area contributed by atoms with Gasteiger partial charge < -0.3 is 5.73 Å². The molecule has 14 heavy (non-hydrogen) atoms. The number of rotatable bonds is 3. The molecule has 0 bridgehead atoms. The van der Waals surface area contributed by atoms with Crippen molar-refractivity contribution in [2.45, 2.75) is 6.04 Å². The second-order valence-corrected chi connectivity index (χ2v) is 3.64. The maximum atomic E-state index is 10.7. The summed E-state index contributed by atoms with van der Waals surface area (Å²) in [5.41, 5.74) is 6.13. The minimum Gasteiger partial charge on any atom is -0.321 e. The number of benzene rings is 1. The van der Waals surface area contributed by atoms with Gasteiger partial charge in [-0.2, -0.15) is 0 Å². The van der Waals surface area contributed by atoms with E-state index >= 15 is 0 Å². The summed E-state index contributed by atoms with van der Waals surface area (Å²) >= 11 is 3.23. The normalized spacial score (nSPS) is 12.1. The summed E-state index contributed by atoms with van der Waals surface area (Å²) in [7, 11) is 0. The van der Waals surface area contributed by atoms with Gasteiger partial charge in [-0.1, -0.05) is 22.0 Å². The minimum atomic E-state index is -0.520. The van der Waals surface area contributed by atoms with Gasteiger partial charge in [-0.3, -0.25) is 10.1 Å². The summed E-state index contributed by atoms with van der Waals surface area (Å²) in [6.45, 7) is 3.50. The summed E-state index contributed by atoms with van der Waals surface area (Å²) in [5, 5.41) is 10.7. The average molecular weight is 257 g/mol. The van der Waals surface area contributed by atoms with E-state index in [1.807, 2.05) is 0 Å². The van der Waals surface area contributed by atoms with E-state index in [1.54, 1.807) is 12.1 Å². The summed E-state index contributed by atoms with van der Waals surface area (Å²) < 4.78 is 0.760. The van der Waals surface area contributed by atoms with Gasteiger partial charge in [0.25, 0.3) is 5.69 Å². The highest BCUT2D eigenvalue weighted by molar-refractivity contribution is 9.10. The molecule has 2 N–H and O–H groups in total. The summed E-state index contributed by atoms with van der Waals surface area (Å²) in [6, 6.07) is 4.14. The molecule has 5 heteroatoms. The second kappa shape index (κ2) is 4.34. The van der Waals surface area contributed by atoms with Crippen LogP contribution >= 0.6 is 15.9 Å². The van der Waals surface area contributed by atoms with Gasteiger partial charge in [0.2, 0.25) is 0 Å². The van der Waals surface area contributed by atoms with Crippen molar-refractivity contribution < 1.29 is 4.92 Å². The molecule has 0 aliphatic rings. The fourth-order valence-electron chi connectivity index (χ4n) is 1.09. The van der Waals surface area contributed by atoms with Gasteiger partial charge in [0.05, 0.1) is 16.5 Å². The Labute approximate surface area is 89.7 Å². The Bertz CT molecular complexity index is 379. The molecule has 74 valence electrons. The molecule has 1 atom stereocenters. The molecular weight excluding hydrogens is 248 g/mol. The first-order chi connectivity index (χ1) is 6.56. The Kier molecular flexibility index (Phi) is 3.38. The molecule has 4 nitrogen and oxygen atoms in total. The molecule has 1 aromatic carbocycles. The molecule has 0 heterocycles. The van der Waals surface area contributed by atoms with Gasteiger partial charge in [0, 0.05) is 10.5 Å². The van der Waals surface area contributed by atoms with Crippen LogP contribution in [0.2, 0.25) is 0 Å². The standard InChI is InChI=1S/C9H9BrN2O2/c1-2-8(11)7-5-6(10)3-4-9(7)12(13)14/h2-5,8H,1,11H2/t8-/m0/s1. The van der Waals surface area contributed by atoms with Crippen LogP contribution in [0.25, 0.3) is 0 Å². The fraction of sp³-hybridized carbons (Fsp3) is 0.111. The Morgan fingerprint density at radius 1 is 1.64 bits per heavy atom. The number of nitrogens with zero attached hydrogens (tertiary/aromatic N) is 1. The van der Waals surface area contributed by atoms with Crippen molar-refractivity contribution in [1.29, 1.82) is 0 Å². The fourth-order valence-corrected chi connectivity index (χ4v) is 1.46. The smallest absolute Gasteiger partial charge is 0.274 e. The highest BCUT2D eigenvalue weighted by Gasteiger charge is 2.17. The maximum absolute atomic E-state index is 10.7. The molecule has 0 aliphatic carbocycles. The van der Waals surface area contributed by atoms with Crippen molar-refractivity contribution in [2.24, 2.45) is 5.73 Å². The van der Waals surface area contributed by atoms with Crippen molar-refractivity contribution in [3.05, 3.63) is 51.0 Å². The van der Waals surface area contributed by atoms with E-state index < -0.39 is 11.0 Å². The Morgan fingerprint density at radius 3 is 2.79 bits per heavy atom.